The Balaban J connectivity index is 2.26. The van der Waals surface area contributed by atoms with Crippen LogP contribution < -0.4 is 4.74 Å². The number of hydrogen-bond acceptors (Lipinski definition) is 3. The molecular weight excluding hydrogens is 257 g/mol. The summed E-state index contributed by atoms with van der Waals surface area (Å²) in [6.07, 6.45) is 3.27. The van der Waals surface area contributed by atoms with E-state index in [4.69, 9.17) is 4.74 Å². The Morgan fingerprint density at radius 3 is 2.80 bits per heavy atom. The number of benzene rings is 1. The molecule has 1 aromatic carbocycles. The van der Waals surface area contributed by atoms with Gasteiger partial charge in [-0.1, -0.05) is 13.0 Å². The molecule has 0 fully saturated rings. The molecule has 0 aliphatic rings. The van der Waals surface area contributed by atoms with Crippen LogP contribution in [0.25, 0.3) is 0 Å². The van der Waals surface area contributed by atoms with Crippen molar-refractivity contribution in [1.82, 2.24) is 4.98 Å². The monoisotopic (exact) mass is 275 g/mol. The maximum atomic E-state index is 13.1. The molecule has 0 saturated heterocycles. The summed E-state index contributed by atoms with van der Waals surface area (Å²) < 4.78 is 18.6. The van der Waals surface area contributed by atoms with E-state index in [0.29, 0.717) is 29.0 Å². The Morgan fingerprint density at radius 2 is 2.10 bits per heavy atom. The average Bonchev–Trinajstić information content (AvgIpc) is 2.45. The maximum absolute atomic E-state index is 13.1. The highest BCUT2D eigenvalue weighted by Gasteiger charge is 2.14. The van der Waals surface area contributed by atoms with Crippen LogP contribution in [0.3, 0.4) is 0 Å². The van der Waals surface area contributed by atoms with E-state index >= 15 is 0 Å². The van der Waals surface area contributed by atoms with Gasteiger partial charge in [-0.2, -0.15) is 0 Å². The van der Waals surface area contributed by atoms with E-state index in [0.717, 1.165) is 6.42 Å². The average molecular weight is 275 g/mol. The van der Waals surface area contributed by atoms with Gasteiger partial charge in [-0.3, -0.25) is 4.98 Å². The van der Waals surface area contributed by atoms with E-state index in [2.05, 4.69) is 4.98 Å². The number of aliphatic hydroxyl groups excluding tert-OH is 1. The molecule has 1 N–H and O–H groups in total. The first-order valence-electron chi connectivity index (χ1n) is 6.63. The standard InChI is InChI=1S/C16H18FNO2/c1-3-6-20-14-8-12(9-18-10-14)16(19)15-5-4-13(17)7-11(15)2/h4-5,7-10,16,19H,3,6H2,1-2H3. The Kier molecular flexibility index (Phi) is 4.69. The Hall–Kier alpha value is -1.94. The number of aliphatic hydroxyl groups is 1. The normalized spacial score (nSPS) is 12.2. The number of aromatic nitrogens is 1. The third-order valence-corrected chi connectivity index (χ3v) is 3.05. The molecule has 1 unspecified atom stereocenters. The van der Waals surface area contributed by atoms with Crippen molar-refractivity contribution < 1.29 is 14.2 Å². The highest BCUT2D eigenvalue weighted by molar-refractivity contribution is 5.36. The fraction of sp³-hybridized carbons (Fsp3) is 0.312. The lowest BCUT2D eigenvalue weighted by molar-refractivity contribution is 0.218. The number of ether oxygens (including phenoxy) is 1. The first-order chi connectivity index (χ1) is 9.61. The summed E-state index contributed by atoms with van der Waals surface area (Å²) in [6, 6.07) is 6.10. The summed E-state index contributed by atoms with van der Waals surface area (Å²) in [4.78, 5) is 4.07. The first-order valence-corrected chi connectivity index (χ1v) is 6.63. The van der Waals surface area contributed by atoms with E-state index in [1.54, 1.807) is 31.5 Å². The van der Waals surface area contributed by atoms with Crippen LogP contribution in [0, 0.1) is 12.7 Å². The van der Waals surface area contributed by atoms with Crippen LogP contribution in [-0.2, 0) is 0 Å². The largest absolute Gasteiger partial charge is 0.492 e. The number of rotatable bonds is 5. The van der Waals surface area contributed by atoms with Gasteiger partial charge in [-0.15, -0.1) is 0 Å². The third-order valence-electron chi connectivity index (χ3n) is 3.05. The fourth-order valence-electron chi connectivity index (χ4n) is 2.01. The van der Waals surface area contributed by atoms with Crippen molar-refractivity contribution in [2.75, 3.05) is 6.61 Å². The zero-order valence-corrected chi connectivity index (χ0v) is 11.6. The third kappa shape index (κ3) is 3.33. The lowest BCUT2D eigenvalue weighted by Gasteiger charge is -2.15. The quantitative estimate of drug-likeness (QED) is 0.909. The van der Waals surface area contributed by atoms with Crippen molar-refractivity contribution in [3.63, 3.8) is 0 Å². The zero-order valence-electron chi connectivity index (χ0n) is 11.6. The first kappa shape index (κ1) is 14.5. The highest BCUT2D eigenvalue weighted by atomic mass is 19.1. The summed E-state index contributed by atoms with van der Waals surface area (Å²) in [5, 5.41) is 10.4. The predicted octanol–water partition coefficient (Wildman–Crippen LogP) is 3.40. The van der Waals surface area contributed by atoms with Gasteiger partial charge >= 0.3 is 0 Å². The number of pyridine rings is 1. The van der Waals surface area contributed by atoms with E-state index in [9.17, 15) is 9.50 Å². The zero-order chi connectivity index (χ0) is 14.5. The molecular formula is C16H18FNO2. The number of halogens is 1. The van der Waals surface area contributed by atoms with Gasteiger partial charge in [0, 0.05) is 11.8 Å². The van der Waals surface area contributed by atoms with Gasteiger partial charge in [0.25, 0.3) is 0 Å². The van der Waals surface area contributed by atoms with Crippen LogP contribution in [-0.4, -0.2) is 16.7 Å². The van der Waals surface area contributed by atoms with Gasteiger partial charge in [0.15, 0.2) is 0 Å². The van der Waals surface area contributed by atoms with Crippen LogP contribution in [0.1, 0.15) is 36.1 Å². The second kappa shape index (κ2) is 6.48. The summed E-state index contributed by atoms with van der Waals surface area (Å²) in [5.41, 5.74) is 2.01. The molecule has 2 rings (SSSR count). The minimum atomic E-state index is -0.840. The highest BCUT2D eigenvalue weighted by Crippen LogP contribution is 2.26. The summed E-state index contributed by atoms with van der Waals surface area (Å²) in [5.74, 6) is 0.319. The van der Waals surface area contributed by atoms with E-state index in [1.807, 2.05) is 6.92 Å². The van der Waals surface area contributed by atoms with Crippen molar-refractivity contribution >= 4 is 0 Å². The van der Waals surface area contributed by atoms with Crippen LogP contribution in [0.2, 0.25) is 0 Å². The van der Waals surface area contributed by atoms with Crippen molar-refractivity contribution in [3.8, 4) is 5.75 Å². The van der Waals surface area contributed by atoms with Crippen LogP contribution >= 0.6 is 0 Å². The van der Waals surface area contributed by atoms with Crippen LogP contribution in [0.5, 0.6) is 5.75 Å². The van der Waals surface area contributed by atoms with Gasteiger partial charge in [-0.25, -0.2) is 4.39 Å². The summed E-state index contributed by atoms with van der Waals surface area (Å²) in [7, 11) is 0. The van der Waals surface area contributed by atoms with Gasteiger partial charge in [0.05, 0.1) is 12.8 Å². The molecule has 1 aromatic heterocycles. The molecule has 0 saturated carbocycles. The van der Waals surface area contributed by atoms with E-state index in [1.165, 1.54) is 12.1 Å². The molecule has 0 spiro atoms. The van der Waals surface area contributed by atoms with Gasteiger partial charge in [0.2, 0.25) is 0 Å². The molecule has 3 nitrogen and oxygen atoms in total. The minimum Gasteiger partial charge on any atom is -0.492 e. The lowest BCUT2D eigenvalue weighted by atomic mass is 9.98. The second-order valence-corrected chi connectivity index (χ2v) is 4.71. The summed E-state index contributed by atoms with van der Waals surface area (Å²) >= 11 is 0. The number of nitrogens with zero attached hydrogens (tertiary/aromatic N) is 1. The Morgan fingerprint density at radius 1 is 1.30 bits per heavy atom. The molecule has 4 heteroatoms. The predicted molar refractivity (Wildman–Crippen MR) is 75.2 cm³/mol. The van der Waals surface area contributed by atoms with Crippen molar-refractivity contribution in [2.45, 2.75) is 26.4 Å². The minimum absolute atomic E-state index is 0.309. The molecule has 20 heavy (non-hydrogen) atoms. The topological polar surface area (TPSA) is 42.4 Å². The van der Waals surface area contributed by atoms with E-state index in [-0.39, 0.29) is 5.82 Å². The number of aryl methyl sites for hydroxylation is 1. The molecule has 0 radical (unpaired) electrons. The Bertz CT molecular complexity index is 586. The molecule has 0 amide bonds. The molecule has 106 valence electrons. The smallest absolute Gasteiger partial charge is 0.137 e. The molecule has 0 aliphatic heterocycles. The summed E-state index contributed by atoms with van der Waals surface area (Å²) in [6.45, 7) is 4.40. The molecule has 1 heterocycles. The molecule has 1 atom stereocenters. The van der Waals surface area contributed by atoms with Crippen molar-refractivity contribution in [2.24, 2.45) is 0 Å². The van der Waals surface area contributed by atoms with Crippen molar-refractivity contribution in [3.05, 3.63) is 59.2 Å². The Labute approximate surface area is 118 Å². The lowest BCUT2D eigenvalue weighted by Crippen LogP contribution is -2.04. The van der Waals surface area contributed by atoms with Crippen molar-refractivity contribution in [1.29, 1.82) is 0 Å². The molecule has 0 aliphatic carbocycles. The van der Waals surface area contributed by atoms with Crippen LogP contribution in [0.4, 0.5) is 4.39 Å². The maximum Gasteiger partial charge on any atom is 0.137 e. The molecule has 0 bridgehead atoms. The van der Waals surface area contributed by atoms with Crippen LogP contribution in [0.15, 0.2) is 36.7 Å². The van der Waals surface area contributed by atoms with E-state index < -0.39 is 6.10 Å². The van der Waals surface area contributed by atoms with Gasteiger partial charge in [0.1, 0.15) is 17.7 Å². The number of hydrogen-bond donors (Lipinski definition) is 1. The SMILES string of the molecule is CCCOc1cncc(C(O)c2ccc(F)cc2C)c1. The van der Waals surface area contributed by atoms with Gasteiger partial charge < -0.3 is 9.84 Å². The fourth-order valence-corrected chi connectivity index (χ4v) is 2.01. The second-order valence-electron chi connectivity index (χ2n) is 4.71. The molecule has 2 aromatic rings. The van der Waals surface area contributed by atoms with Gasteiger partial charge in [-0.05, 0) is 42.7 Å².